The van der Waals surface area contributed by atoms with Gasteiger partial charge in [0.05, 0.1) is 17.6 Å². The lowest BCUT2D eigenvalue weighted by Crippen LogP contribution is -2.29. The first-order valence-electron chi connectivity index (χ1n) is 5.83. The van der Waals surface area contributed by atoms with Crippen LogP contribution in [0, 0.1) is 0 Å². The number of ketones is 1. The molecule has 0 fully saturated rings. The first kappa shape index (κ1) is 13.1. The number of amides is 1. The number of hydrogen-bond donors (Lipinski definition) is 0. The molecule has 0 aromatic heterocycles. The van der Waals surface area contributed by atoms with E-state index in [1.54, 1.807) is 17.9 Å². The van der Waals surface area contributed by atoms with Crippen molar-refractivity contribution in [3.8, 4) is 0 Å². The molecule has 2 rings (SSSR count). The highest BCUT2D eigenvalue weighted by Gasteiger charge is 2.26. The van der Waals surface area contributed by atoms with Gasteiger partial charge < -0.3 is 4.74 Å². The number of Topliss-reactive ketones (excluding diaryl/α,β-unsaturated/α-hetero) is 1. The Morgan fingerprint density at radius 1 is 1.44 bits per heavy atom. The smallest absolute Gasteiger partial charge is 0.414 e. The Bertz CT molecular complexity index is 487. The summed E-state index contributed by atoms with van der Waals surface area (Å²) in [7, 11) is 0. The van der Waals surface area contributed by atoms with Crippen LogP contribution >= 0.6 is 15.9 Å². The minimum Gasteiger partial charge on any atom is -0.449 e. The second-order valence-electron chi connectivity index (χ2n) is 4.00. The van der Waals surface area contributed by atoms with E-state index < -0.39 is 0 Å². The molecule has 5 heteroatoms. The SMILES string of the molecule is CCOC(=O)N1CCc2cc(C(=O)CBr)ccc21. The van der Waals surface area contributed by atoms with E-state index in [4.69, 9.17) is 4.74 Å². The average molecular weight is 312 g/mol. The van der Waals surface area contributed by atoms with Crippen molar-refractivity contribution in [1.82, 2.24) is 0 Å². The fraction of sp³-hybridized carbons (Fsp3) is 0.385. The molecule has 0 N–H and O–H groups in total. The Morgan fingerprint density at radius 3 is 2.89 bits per heavy atom. The fourth-order valence-corrected chi connectivity index (χ4v) is 2.37. The van der Waals surface area contributed by atoms with Gasteiger partial charge in [0.15, 0.2) is 5.78 Å². The minimum atomic E-state index is -0.323. The molecule has 1 aromatic rings. The largest absolute Gasteiger partial charge is 0.449 e. The number of nitrogens with zero attached hydrogens (tertiary/aromatic N) is 1. The number of alkyl halides is 1. The summed E-state index contributed by atoms with van der Waals surface area (Å²) in [6, 6.07) is 5.42. The molecule has 0 bridgehead atoms. The van der Waals surface area contributed by atoms with Gasteiger partial charge in [-0.1, -0.05) is 15.9 Å². The molecule has 0 atom stereocenters. The highest BCUT2D eigenvalue weighted by atomic mass is 79.9. The number of rotatable bonds is 3. The van der Waals surface area contributed by atoms with Crippen LogP contribution in [0.4, 0.5) is 10.5 Å². The van der Waals surface area contributed by atoms with Gasteiger partial charge in [-0.05, 0) is 37.1 Å². The van der Waals surface area contributed by atoms with Crippen molar-refractivity contribution in [2.75, 3.05) is 23.4 Å². The summed E-state index contributed by atoms with van der Waals surface area (Å²) in [6.45, 7) is 2.76. The summed E-state index contributed by atoms with van der Waals surface area (Å²) < 4.78 is 4.99. The number of carbonyl (C=O) groups excluding carboxylic acids is 2. The Labute approximate surface area is 114 Å². The van der Waals surface area contributed by atoms with E-state index in [0.717, 1.165) is 17.7 Å². The normalized spacial score (nSPS) is 13.3. The molecule has 0 radical (unpaired) electrons. The third kappa shape index (κ3) is 2.41. The molecule has 0 aliphatic carbocycles. The van der Waals surface area contributed by atoms with Crippen LogP contribution < -0.4 is 4.90 Å². The molecule has 1 heterocycles. The van der Waals surface area contributed by atoms with Crippen molar-refractivity contribution in [3.63, 3.8) is 0 Å². The maximum Gasteiger partial charge on any atom is 0.414 e. The van der Waals surface area contributed by atoms with E-state index >= 15 is 0 Å². The quantitative estimate of drug-likeness (QED) is 0.637. The molecular weight excluding hydrogens is 298 g/mol. The second kappa shape index (κ2) is 5.52. The summed E-state index contributed by atoms with van der Waals surface area (Å²) in [4.78, 5) is 24.9. The molecule has 0 spiro atoms. The van der Waals surface area contributed by atoms with E-state index in [2.05, 4.69) is 15.9 Å². The average Bonchev–Trinajstić information content (AvgIpc) is 2.80. The summed E-state index contributed by atoms with van der Waals surface area (Å²) in [5, 5.41) is 0.313. The topological polar surface area (TPSA) is 46.6 Å². The second-order valence-corrected chi connectivity index (χ2v) is 4.56. The van der Waals surface area contributed by atoms with Gasteiger partial charge in [0.25, 0.3) is 0 Å². The van der Waals surface area contributed by atoms with Gasteiger partial charge in [-0.15, -0.1) is 0 Å². The van der Waals surface area contributed by atoms with Crippen molar-refractivity contribution in [2.24, 2.45) is 0 Å². The molecule has 1 aliphatic rings. The van der Waals surface area contributed by atoms with Gasteiger partial charge in [-0.25, -0.2) is 4.79 Å². The number of carbonyl (C=O) groups is 2. The zero-order valence-electron chi connectivity index (χ0n) is 10.1. The number of fused-ring (bicyclic) bond motifs is 1. The van der Waals surface area contributed by atoms with Gasteiger partial charge in [0.2, 0.25) is 0 Å². The first-order chi connectivity index (χ1) is 8.67. The van der Waals surface area contributed by atoms with Crippen molar-refractivity contribution in [1.29, 1.82) is 0 Å². The van der Waals surface area contributed by atoms with Crippen molar-refractivity contribution >= 4 is 33.5 Å². The lowest BCUT2D eigenvalue weighted by Gasteiger charge is -2.16. The van der Waals surface area contributed by atoms with Crippen LogP contribution in [0.1, 0.15) is 22.8 Å². The Morgan fingerprint density at radius 2 is 2.22 bits per heavy atom. The van der Waals surface area contributed by atoms with Crippen molar-refractivity contribution in [3.05, 3.63) is 29.3 Å². The molecule has 1 aliphatic heterocycles. The van der Waals surface area contributed by atoms with E-state index in [1.165, 1.54) is 0 Å². The van der Waals surface area contributed by atoms with Crippen LogP contribution in [-0.4, -0.2) is 30.4 Å². The maximum absolute atomic E-state index is 11.7. The Hall–Kier alpha value is -1.36. The summed E-state index contributed by atoms with van der Waals surface area (Å²) in [5.41, 5.74) is 2.55. The molecule has 0 saturated heterocycles. The maximum atomic E-state index is 11.7. The molecule has 0 saturated carbocycles. The molecule has 1 amide bonds. The molecule has 0 unspecified atom stereocenters. The fourth-order valence-electron chi connectivity index (χ4n) is 2.04. The molecule has 96 valence electrons. The third-order valence-electron chi connectivity index (χ3n) is 2.91. The number of halogens is 1. The zero-order chi connectivity index (χ0) is 13.1. The minimum absolute atomic E-state index is 0.0485. The van der Waals surface area contributed by atoms with Gasteiger partial charge in [-0.3, -0.25) is 9.69 Å². The number of hydrogen-bond acceptors (Lipinski definition) is 3. The molecular formula is C13H14BrNO3. The van der Waals surface area contributed by atoms with E-state index in [0.29, 0.717) is 24.0 Å². The Balaban J connectivity index is 2.25. The molecule has 4 nitrogen and oxygen atoms in total. The first-order valence-corrected chi connectivity index (χ1v) is 6.96. The van der Waals surface area contributed by atoms with Crippen LogP contribution in [0.2, 0.25) is 0 Å². The lowest BCUT2D eigenvalue weighted by molar-refractivity contribution is 0.102. The van der Waals surface area contributed by atoms with Crippen molar-refractivity contribution in [2.45, 2.75) is 13.3 Å². The van der Waals surface area contributed by atoms with E-state index in [-0.39, 0.29) is 11.9 Å². The third-order valence-corrected chi connectivity index (χ3v) is 3.42. The predicted molar refractivity (Wildman–Crippen MR) is 72.6 cm³/mol. The van der Waals surface area contributed by atoms with E-state index in [9.17, 15) is 9.59 Å². The van der Waals surface area contributed by atoms with Crippen LogP contribution in [0.25, 0.3) is 0 Å². The van der Waals surface area contributed by atoms with Crippen LogP contribution in [0.15, 0.2) is 18.2 Å². The Kier molecular flexibility index (Phi) is 4.01. The summed E-state index contributed by atoms with van der Waals surface area (Å²) in [6.07, 6.45) is 0.438. The molecule has 1 aromatic carbocycles. The predicted octanol–water partition coefficient (Wildman–Crippen LogP) is 2.78. The zero-order valence-corrected chi connectivity index (χ0v) is 11.7. The monoisotopic (exact) mass is 311 g/mol. The number of anilines is 1. The number of ether oxygens (including phenoxy) is 1. The van der Waals surface area contributed by atoms with Gasteiger partial charge in [0, 0.05) is 12.1 Å². The van der Waals surface area contributed by atoms with Gasteiger partial charge >= 0.3 is 6.09 Å². The van der Waals surface area contributed by atoms with Crippen LogP contribution in [0.5, 0.6) is 0 Å². The standard InChI is InChI=1S/C13H14BrNO3/c1-2-18-13(17)15-6-5-9-7-10(12(16)8-14)3-4-11(9)15/h3-4,7H,2,5-6,8H2,1H3. The summed E-state index contributed by atoms with van der Waals surface area (Å²) in [5.74, 6) is 0.0485. The number of benzene rings is 1. The van der Waals surface area contributed by atoms with Gasteiger partial charge in [-0.2, -0.15) is 0 Å². The van der Waals surface area contributed by atoms with Gasteiger partial charge in [0.1, 0.15) is 0 Å². The van der Waals surface area contributed by atoms with E-state index in [1.807, 2.05) is 12.1 Å². The van der Waals surface area contributed by atoms with Crippen LogP contribution in [-0.2, 0) is 11.2 Å². The highest BCUT2D eigenvalue weighted by Crippen LogP contribution is 2.29. The molecule has 18 heavy (non-hydrogen) atoms. The lowest BCUT2D eigenvalue weighted by atomic mass is 10.1. The highest BCUT2D eigenvalue weighted by molar-refractivity contribution is 9.09. The summed E-state index contributed by atoms with van der Waals surface area (Å²) >= 11 is 3.15. The van der Waals surface area contributed by atoms with Crippen molar-refractivity contribution < 1.29 is 14.3 Å². The van der Waals surface area contributed by atoms with Crippen LogP contribution in [0.3, 0.4) is 0 Å².